The van der Waals surface area contributed by atoms with Gasteiger partial charge >= 0.3 is 0 Å². The average Bonchev–Trinajstić information content (AvgIpc) is 3.01. The van der Waals surface area contributed by atoms with E-state index in [0.717, 1.165) is 24.2 Å². The minimum atomic E-state index is -0.163. The highest BCUT2D eigenvalue weighted by atomic mass is 16.5. The molecule has 6 heteroatoms. The van der Waals surface area contributed by atoms with Crippen LogP contribution in [-0.2, 0) is 0 Å². The van der Waals surface area contributed by atoms with Gasteiger partial charge in [-0.2, -0.15) is 0 Å². The molecule has 0 aliphatic carbocycles. The fraction of sp³-hybridized carbons (Fsp3) is 0.235. The number of benzene rings is 4. The maximum Gasteiger partial charge on any atom is 0.258 e. The van der Waals surface area contributed by atoms with Gasteiger partial charge in [0, 0.05) is 35.6 Å². The number of amides is 2. The highest BCUT2D eigenvalue weighted by Gasteiger charge is 2.23. The molecule has 0 saturated heterocycles. The molecule has 0 saturated carbocycles. The summed E-state index contributed by atoms with van der Waals surface area (Å²) in [6.45, 7) is 5.82. The number of nitrogens with zero attached hydrogens (tertiary/aromatic N) is 2. The Morgan fingerprint density at radius 2 is 0.950 bits per heavy atom. The molecule has 0 atom stereocenters. The predicted molar refractivity (Wildman–Crippen MR) is 161 cm³/mol. The Hall–Kier alpha value is -4.58. The molecule has 6 nitrogen and oxygen atoms in total. The molecule has 40 heavy (non-hydrogen) atoms. The van der Waals surface area contributed by atoms with Crippen LogP contribution in [0.3, 0.4) is 0 Å². The number of anilines is 2. The second-order valence-electron chi connectivity index (χ2n) is 9.34. The first kappa shape index (κ1) is 28.4. The van der Waals surface area contributed by atoms with E-state index in [1.54, 1.807) is 34.1 Å². The molecule has 0 unspecified atom stereocenters. The van der Waals surface area contributed by atoms with E-state index in [1.807, 2.05) is 98.8 Å². The van der Waals surface area contributed by atoms with Crippen molar-refractivity contribution in [3.63, 3.8) is 0 Å². The lowest BCUT2D eigenvalue weighted by molar-refractivity contribution is 0.0967. The Morgan fingerprint density at radius 3 is 1.32 bits per heavy atom. The molecule has 0 spiro atoms. The second-order valence-corrected chi connectivity index (χ2v) is 9.34. The van der Waals surface area contributed by atoms with Gasteiger partial charge in [-0.25, -0.2) is 0 Å². The molecule has 0 aromatic heterocycles. The van der Waals surface area contributed by atoms with Crippen molar-refractivity contribution in [2.45, 2.75) is 26.7 Å². The summed E-state index contributed by atoms with van der Waals surface area (Å²) in [6, 6.07) is 33.5. The van der Waals surface area contributed by atoms with E-state index in [0.29, 0.717) is 35.8 Å². The normalized spacial score (nSPS) is 10.6. The zero-order valence-electron chi connectivity index (χ0n) is 23.2. The minimum Gasteiger partial charge on any atom is -0.494 e. The number of rotatable bonds is 13. The van der Waals surface area contributed by atoms with Crippen LogP contribution in [0.4, 0.5) is 11.4 Å². The molecule has 206 valence electrons. The number of hydrogen-bond donors (Lipinski definition) is 0. The molecule has 0 radical (unpaired) electrons. The zero-order chi connectivity index (χ0) is 28.2. The predicted octanol–water partition coefficient (Wildman–Crippen LogP) is 7.26. The van der Waals surface area contributed by atoms with Gasteiger partial charge in [-0.05, 0) is 73.5 Å². The summed E-state index contributed by atoms with van der Waals surface area (Å²) in [5.74, 6) is 0.992. The van der Waals surface area contributed by atoms with Gasteiger partial charge in [-0.1, -0.05) is 62.4 Å². The van der Waals surface area contributed by atoms with Crippen LogP contribution in [0.25, 0.3) is 0 Å². The zero-order valence-corrected chi connectivity index (χ0v) is 23.2. The number of carbonyl (C=O) groups excluding carboxylic acids is 2. The summed E-state index contributed by atoms with van der Waals surface area (Å²) < 4.78 is 11.5. The van der Waals surface area contributed by atoms with Crippen LogP contribution in [-0.4, -0.2) is 38.1 Å². The molecular weight excluding hydrogens is 500 g/mol. The first-order chi connectivity index (χ1) is 19.6. The SMILES string of the molecule is CCCOc1cccc(C(=O)N(CCN(C(=O)c2cccc(OCCC)c2)c2ccccc2)c2ccccc2)c1. The number of carbonyl (C=O) groups is 2. The van der Waals surface area contributed by atoms with Crippen LogP contribution >= 0.6 is 0 Å². The summed E-state index contributed by atoms with van der Waals surface area (Å²) >= 11 is 0. The minimum absolute atomic E-state index is 0.163. The van der Waals surface area contributed by atoms with Crippen molar-refractivity contribution in [1.82, 2.24) is 0 Å². The molecule has 4 rings (SSSR count). The number of hydrogen-bond acceptors (Lipinski definition) is 4. The largest absolute Gasteiger partial charge is 0.494 e. The van der Waals surface area contributed by atoms with E-state index in [2.05, 4.69) is 0 Å². The Balaban J connectivity index is 1.62. The summed E-state index contributed by atoms with van der Waals surface area (Å²) in [6.07, 6.45) is 1.76. The van der Waals surface area contributed by atoms with Crippen LogP contribution in [0.5, 0.6) is 11.5 Å². The van der Waals surface area contributed by atoms with E-state index in [4.69, 9.17) is 9.47 Å². The summed E-state index contributed by atoms with van der Waals surface area (Å²) in [5, 5.41) is 0. The third kappa shape index (κ3) is 7.50. The van der Waals surface area contributed by atoms with Crippen molar-refractivity contribution in [1.29, 1.82) is 0 Å². The molecule has 0 aliphatic rings. The van der Waals surface area contributed by atoms with E-state index in [1.165, 1.54) is 0 Å². The first-order valence-electron chi connectivity index (χ1n) is 13.8. The molecular formula is C34H36N2O4. The Kier molecular flexibility index (Phi) is 10.3. The maximum absolute atomic E-state index is 13.9. The van der Waals surface area contributed by atoms with Crippen LogP contribution < -0.4 is 19.3 Å². The van der Waals surface area contributed by atoms with Gasteiger partial charge in [0.2, 0.25) is 0 Å². The molecule has 2 amide bonds. The van der Waals surface area contributed by atoms with Gasteiger partial charge in [0.1, 0.15) is 11.5 Å². The molecule has 0 fully saturated rings. The Bertz CT molecular complexity index is 1270. The van der Waals surface area contributed by atoms with Crippen molar-refractivity contribution in [2.75, 3.05) is 36.1 Å². The number of ether oxygens (including phenoxy) is 2. The molecule has 0 aliphatic heterocycles. The highest BCUT2D eigenvalue weighted by Crippen LogP contribution is 2.23. The van der Waals surface area contributed by atoms with Crippen LogP contribution in [0.2, 0.25) is 0 Å². The van der Waals surface area contributed by atoms with E-state index < -0.39 is 0 Å². The summed E-state index contributed by atoms with van der Waals surface area (Å²) in [4.78, 5) is 31.1. The van der Waals surface area contributed by atoms with E-state index >= 15 is 0 Å². The van der Waals surface area contributed by atoms with Crippen molar-refractivity contribution >= 4 is 23.2 Å². The third-order valence-corrected chi connectivity index (χ3v) is 6.28. The van der Waals surface area contributed by atoms with Crippen molar-refractivity contribution in [2.24, 2.45) is 0 Å². The lowest BCUT2D eigenvalue weighted by Crippen LogP contribution is -2.41. The van der Waals surface area contributed by atoms with Crippen LogP contribution in [0, 0.1) is 0 Å². The lowest BCUT2D eigenvalue weighted by atomic mass is 10.1. The number of para-hydroxylation sites is 2. The van der Waals surface area contributed by atoms with Gasteiger partial charge in [-0.3, -0.25) is 9.59 Å². The fourth-order valence-corrected chi connectivity index (χ4v) is 4.30. The van der Waals surface area contributed by atoms with Gasteiger partial charge in [0.05, 0.1) is 13.2 Å². The Morgan fingerprint density at radius 1 is 0.550 bits per heavy atom. The van der Waals surface area contributed by atoms with Gasteiger partial charge in [0.15, 0.2) is 0 Å². The van der Waals surface area contributed by atoms with Crippen LogP contribution in [0.15, 0.2) is 109 Å². The monoisotopic (exact) mass is 536 g/mol. The summed E-state index contributed by atoms with van der Waals surface area (Å²) in [5.41, 5.74) is 2.55. The van der Waals surface area contributed by atoms with Crippen molar-refractivity contribution in [3.05, 3.63) is 120 Å². The molecule has 0 bridgehead atoms. The van der Waals surface area contributed by atoms with E-state index in [9.17, 15) is 9.59 Å². The topological polar surface area (TPSA) is 59.1 Å². The highest BCUT2D eigenvalue weighted by molar-refractivity contribution is 6.08. The van der Waals surface area contributed by atoms with Crippen molar-refractivity contribution in [3.8, 4) is 11.5 Å². The van der Waals surface area contributed by atoms with Crippen LogP contribution in [0.1, 0.15) is 47.4 Å². The van der Waals surface area contributed by atoms with Crippen molar-refractivity contribution < 1.29 is 19.1 Å². The molecule has 0 N–H and O–H groups in total. The lowest BCUT2D eigenvalue weighted by Gasteiger charge is -2.28. The van der Waals surface area contributed by atoms with Gasteiger partial charge < -0.3 is 19.3 Å². The molecule has 4 aromatic carbocycles. The fourth-order valence-electron chi connectivity index (χ4n) is 4.30. The quantitative estimate of drug-likeness (QED) is 0.180. The molecule has 0 heterocycles. The van der Waals surface area contributed by atoms with E-state index in [-0.39, 0.29) is 24.9 Å². The standard InChI is InChI=1S/C34H36N2O4/c1-3-23-39-31-19-11-13-27(25-31)33(37)35(29-15-7-5-8-16-29)21-22-36(30-17-9-6-10-18-30)34(38)28-14-12-20-32(26-28)40-24-4-2/h5-20,25-26H,3-4,21-24H2,1-2H3. The smallest absolute Gasteiger partial charge is 0.258 e. The average molecular weight is 537 g/mol. The molecule has 4 aromatic rings. The summed E-state index contributed by atoms with van der Waals surface area (Å²) in [7, 11) is 0. The van der Waals surface area contributed by atoms with Gasteiger partial charge in [-0.15, -0.1) is 0 Å². The second kappa shape index (κ2) is 14.5. The Labute approximate surface area is 236 Å². The first-order valence-corrected chi connectivity index (χ1v) is 13.8. The van der Waals surface area contributed by atoms with Gasteiger partial charge in [0.25, 0.3) is 11.8 Å². The maximum atomic E-state index is 13.9. The third-order valence-electron chi connectivity index (χ3n) is 6.28.